The first-order valence-electron chi connectivity index (χ1n) is 6.45. The summed E-state index contributed by atoms with van der Waals surface area (Å²) in [4.78, 5) is 0. The largest absolute Gasteiger partial charge is 0.372 e. The second-order valence-electron chi connectivity index (χ2n) is 4.80. The van der Waals surface area contributed by atoms with Gasteiger partial charge in [-0.05, 0) is 42.4 Å². The molecule has 92 valence electrons. The van der Waals surface area contributed by atoms with E-state index in [4.69, 9.17) is 0 Å². The highest BCUT2D eigenvalue weighted by Gasteiger charge is 2.21. The average molecular weight is 239 g/mol. The Balaban J connectivity index is 1.88. The zero-order valence-electron chi connectivity index (χ0n) is 10.6. The van der Waals surface area contributed by atoms with Crippen molar-refractivity contribution in [2.24, 2.45) is 0 Å². The summed E-state index contributed by atoms with van der Waals surface area (Å²) in [7, 11) is 1.88. The van der Waals surface area contributed by atoms with Gasteiger partial charge in [-0.25, -0.2) is 0 Å². The van der Waals surface area contributed by atoms with E-state index in [2.05, 4.69) is 51.9 Å². The van der Waals surface area contributed by atoms with Gasteiger partial charge in [0.25, 0.3) is 0 Å². The Hall–Kier alpha value is -1.90. The molecule has 18 heavy (non-hydrogen) atoms. The van der Waals surface area contributed by atoms with Crippen molar-refractivity contribution in [2.75, 3.05) is 12.4 Å². The predicted molar refractivity (Wildman–Crippen MR) is 72.8 cm³/mol. The molecule has 1 heterocycles. The number of fused-ring (bicyclic) bond motifs is 1. The molecule has 1 aromatic heterocycles. The van der Waals surface area contributed by atoms with Gasteiger partial charge in [0.05, 0.1) is 5.69 Å². The highest BCUT2D eigenvalue weighted by Crippen LogP contribution is 2.32. The van der Waals surface area contributed by atoms with E-state index in [0.29, 0.717) is 5.92 Å². The fourth-order valence-electron chi connectivity index (χ4n) is 2.65. The van der Waals surface area contributed by atoms with Crippen molar-refractivity contribution in [2.45, 2.75) is 25.2 Å². The first kappa shape index (κ1) is 11.2. The van der Waals surface area contributed by atoms with Gasteiger partial charge in [-0.15, -0.1) is 5.10 Å². The molecule has 0 spiro atoms. The molecule has 0 radical (unpaired) electrons. The topological polar surface area (TPSA) is 37.8 Å². The van der Waals surface area contributed by atoms with E-state index in [9.17, 15) is 0 Å². The Kier molecular flexibility index (Phi) is 2.97. The maximum Gasteiger partial charge on any atom is 0.148 e. The van der Waals surface area contributed by atoms with Crippen molar-refractivity contribution in [3.8, 4) is 0 Å². The van der Waals surface area contributed by atoms with Crippen molar-refractivity contribution >= 4 is 5.82 Å². The van der Waals surface area contributed by atoms with E-state index in [1.807, 2.05) is 7.05 Å². The van der Waals surface area contributed by atoms with E-state index in [0.717, 1.165) is 18.7 Å². The van der Waals surface area contributed by atoms with Gasteiger partial charge in [0.15, 0.2) is 0 Å². The number of aryl methyl sites for hydroxylation is 1. The fraction of sp³-hybridized carbons (Fsp3) is 0.333. The van der Waals surface area contributed by atoms with Crippen LogP contribution in [0.5, 0.6) is 0 Å². The molecule has 0 fully saturated rings. The summed E-state index contributed by atoms with van der Waals surface area (Å²) < 4.78 is 0. The maximum absolute atomic E-state index is 4.31. The standard InChI is InChI=1S/C15H17N3/c1-16-15-10-13-9-12(7-8-14(13)17-18-15)11-5-3-2-4-6-11/h2-6,10,12H,7-9H2,1H3,(H,16,18). The van der Waals surface area contributed by atoms with Crippen LogP contribution in [0.4, 0.5) is 5.82 Å². The van der Waals surface area contributed by atoms with Crippen LogP contribution >= 0.6 is 0 Å². The third-order valence-corrected chi connectivity index (χ3v) is 3.68. The molecule has 1 aliphatic carbocycles. The van der Waals surface area contributed by atoms with Crippen molar-refractivity contribution in [3.63, 3.8) is 0 Å². The monoisotopic (exact) mass is 239 g/mol. The van der Waals surface area contributed by atoms with Gasteiger partial charge < -0.3 is 5.32 Å². The van der Waals surface area contributed by atoms with Crippen molar-refractivity contribution in [1.82, 2.24) is 10.2 Å². The van der Waals surface area contributed by atoms with Crippen molar-refractivity contribution < 1.29 is 0 Å². The van der Waals surface area contributed by atoms with Crippen molar-refractivity contribution in [3.05, 3.63) is 53.2 Å². The highest BCUT2D eigenvalue weighted by molar-refractivity contribution is 5.40. The van der Waals surface area contributed by atoms with Gasteiger partial charge in [-0.3, -0.25) is 0 Å². The normalized spacial score (nSPS) is 18.2. The smallest absolute Gasteiger partial charge is 0.148 e. The van der Waals surface area contributed by atoms with Crippen LogP contribution in [0.3, 0.4) is 0 Å². The Labute approximate surface area is 107 Å². The lowest BCUT2D eigenvalue weighted by Gasteiger charge is -2.24. The lowest BCUT2D eigenvalue weighted by molar-refractivity contribution is 0.568. The zero-order chi connectivity index (χ0) is 12.4. The van der Waals surface area contributed by atoms with Crippen molar-refractivity contribution in [1.29, 1.82) is 0 Å². The molecule has 3 nitrogen and oxygen atoms in total. The van der Waals surface area contributed by atoms with Gasteiger partial charge in [0, 0.05) is 7.05 Å². The number of nitrogens with one attached hydrogen (secondary N) is 1. The number of anilines is 1. The average Bonchev–Trinajstić information content (AvgIpc) is 2.47. The molecule has 1 atom stereocenters. The summed E-state index contributed by atoms with van der Waals surface area (Å²) in [5.41, 5.74) is 3.95. The van der Waals surface area contributed by atoms with Gasteiger partial charge in [-0.1, -0.05) is 30.3 Å². The quantitative estimate of drug-likeness (QED) is 0.875. The molecular formula is C15H17N3. The molecular weight excluding hydrogens is 222 g/mol. The van der Waals surface area contributed by atoms with Crippen LogP contribution in [0.1, 0.15) is 29.2 Å². The molecule has 1 unspecified atom stereocenters. The third kappa shape index (κ3) is 2.08. The Bertz CT molecular complexity index is 537. The second-order valence-corrected chi connectivity index (χ2v) is 4.80. The van der Waals surface area contributed by atoms with E-state index < -0.39 is 0 Å². The molecule has 0 amide bonds. The van der Waals surface area contributed by atoms with Crippen LogP contribution in [-0.4, -0.2) is 17.2 Å². The molecule has 0 saturated carbocycles. The lowest BCUT2D eigenvalue weighted by atomic mass is 9.82. The summed E-state index contributed by atoms with van der Waals surface area (Å²) in [6, 6.07) is 12.9. The number of hydrogen-bond acceptors (Lipinski definition) is 3. The number of rotatable bonds is 2. The van der Waals surface area contributed by atoms with Crippen LogP contribution in [0.15, 0.2) is 36.4 Å². The maximum atomic E-state index is 4.31. The molecule has 3 rings (SSSR count). The molecule has 1 aliphatic rings. The Morgan fingerprint density at radius 2 is 2.00 bits per heavy atom. The van der Waals surface area contributed by atoms with Gasteiger partial charge >= 0.3 is 0 Å². The first-order valence-corrected chi connectivity index (χ1v) is 6.45. The molecule has 1 aromatic carbocycles. The molecule has 0 aliphatic heterocycles. The summed E-state index contributed by atoms with van der Waals surface area (Å²) >= 11 is 0. The summed E-state index contributed by atoms with van der Waals surface area (Å²) in [5, 5.41) is 11.5. The lowest BCUT2D eigenvalue weighted by Crippen LogP contribution is -2.15. The number of nitrogens with zero attached hydrogens (tertiary/aromatic N) is 2. The third-order valence-electron chi connectivity index (χ3n) is 3.68. The number of aromatic nitrogens is 2. The van der Waals surface area contributed by atoms with Gasteiger partial charge in [-0.2, -0.15) is 5.10 Å². The summed E-state index contributed by atoms with van der Waals surface area (Å²) in [6.07, 6.45) is 3.28. The summed E-state index contributed by atoms with van der Waals surface area (Å²) in [6.45, 7) is 0. The molecule has 1 N–H and O–H groups in total. The SMILES string of the molecule is CNc1cc2c(nn1)CCC(c1ccccc1)C2. The minimum atomic E-state index is 0.618. The summed E-state index contributed by atoms with van der Waals surface area (Å²) in [5.74, 6) is 1.48. The van der Waals surface area contributed by atoms with Crippen LogP contribution in [-0.2, 0) is 12.8 Å². The van der Waals surface area contributed by atoms with E-state index in [-0.39, 0.29) is 0 Å². The minimum Gasteiger partial charge on any atom is -0.372 e. The number of hydrogen-bond donors (Lipinski definition) is 1. The van der Waals surface area contributed by atoms with E-state index in [1.54, 1.807) is 0 Å². The minimum absolute atomic E-state index is 0.618. The van der Waals surface area contributed by atoms with Gasteiger partial charge in [0.2, 0.25) is 0 Å². The van der Waals surface area contributed by atoms with Gasteiger partial charge in [0.1, 0.15) is 5.82 Å². The molecule has 0 saturated heterocycles. The second kappa shape index (κ2) is 4.77. The van der Waals surface area contributed by atoms with E-state index in [1.165, 1.54) is 23.2 Å². The fourth-order valence-corrected chi connectivity index (χ4v) is 2.65. The van der Waals surface area contributed by atoms with E-state index >= 15 is 0 Å². The van der Waals surface area contributed by atoms with Crippen LogP contribution in [0.2, 0.25) is 0 Å². The highest BCUT2D eigenvalue weighted by atomic mass is 15.2. The number of benzene rings is 1. The predicted octanol–water partition coefficient (Wildman–Crippen LogP) is 2.79. The molecule has 2 aromatic rings. The first-order chi connectivity index (χ1) is 8.86. The van der Waals surface area contributed by atoms with Crippen LogP contribution < -0.4 is 5.32 Å². The Morgan fingerprint density at radius 1 is 1.17 bits per heavy atom. The zero-order valence-corrected chi connectivity index (χ0v) is 10.6. The van der Waals surface area contributed by atoms with Crippen LogP contribution in [0.25, 0.3) is 0 Å². The molecule has 3 heteroatoms. The van der Waals surface area contributed by atoms with Crippen LogP contribution in [0, 0.1) is 0 Å². The molecule has 0 bridgehead atoms. The Morgan fingerprint density at radius 3 is 2.78 bits per heavy atom.